The normalized spacial score (nSPS) is 13.2. The van der Waals surface area contributed by atoms with Gasteiger partial charge in [0.05, 0.1) is 21.5 Å². The zero-order valence-corrected chi connectivity index (χ0v) is 13.5. The average molecular weight is 375 g/mol. The van der Waals surface area contributed by atoms with E-state index in [0.717, 1.165) is 6.08 Å². The molecule has 0 amide bonds. The minimum absolute atomic E-state index is 0.0321. The van der Waals surface area contributed by atoms with Crippen molar-refractivity contribution in [2.45, 2.75) is 12.1 Å². The minimum atomic E-state index is -4.51. The zero-order valence-electron chi connectivity index (χ0n) is 12.0. The molecule has 0 aliphatic rings. The first-order valence-electron chi connectivity index (χ1n) is 6.71. The van der Waals surface area contributed by atoms with Crippen molar-refractivity contribution in [3.63, 3.8) is 0 Å². The number of hydrogen-bond donors (Lipinski definition) is 1. The van der Waals surface area contributed by atoms with Gasteiger partial charge < -0.3 is 5.11 Å². The van der Waals surface area contributed by atoms with Crippen molar-refractivity contribution < 1.29 is 23.1 Å². The quantitative estimate of drug-likeness (QED) is 0.706. The molecule has 0 saturated carbocycles. The number of aromatic carboxylic acids is 1. The molecule has 126 valence electrons. The van der Waals surface area contributed by atoms with Gasteiger partial charge in [0.2, 0.25) is 0 Å². The smallest absolute Gasteiger partial charge is 0.399 e. The van der Waals surface area contributed by atoms with E-state index in [2.05, 4.69) is 0 Å². The number of rotatable bonds is 4. The lowest BCUT2D eigenvalue weighted by Gasteiger charge is -2.17. The summed E-state index contributed by atoms with van der Waals surface area (Å²) in [5.74, 6) is -2.96. The third kappa shape index (κ3) is 4.52. The second-order valence-corrected chi connectivity index (χ2v) is 5.79. The van der Waals surface area contributed by atoms with Crippen LogP contribution in [0.2, 0.25) is 10.0 Å². The Morgan fingerprint density at radius 1 is 1.04 bits per heavy atom. The molecule has 2 aromatic rings. The van der Waals surface area contributed by atoms with Gasteiger partial charge in [-0.15, -0.1) is 0 Å². The first kappa shape index (κ1) is 18.4. The Balaban J connectivity index is 2.32. The molecule has 0 aromatic heterocycles. The number of benzene rings is 2. The second-order valence-electron chi connectivity index (χ2n) is 4.98. The van der Waals surface area contributed by atoms with Gasteiger partial charge in [0.15, 0.2) is 0 Å². The maximum absolute atomic E-state index is 13.3. The molecule has 0 saturated heterocycles. The van der Waals surface area contributed by atoms with Crippen LogP contribution in [0.5, 0.6) is 0 Å². The van der Waals surface area contributed by atoms with Gasteiger partial charge in [-0.1, -0.05) is 53.6 Å². The topological polar surface area (TPSA) is 37.3 Å². The first-order valence-corrected chi connectivity index (χ1v) is 7.47. The molecule has 1 N–H and O–H groups in total. The highest BCUT2D eigenvalue weighted by Gasteiger charge is 2.39. The summed E-state index contributed by atoms with van der Waals surface area (Å²) < 4.78 is 39.9. The van der Waals surface area contributed by atoms with Crippen molar-refractivity contribution in [2.75, 3.05) is 0 Å². The lowest BCUT2D eigenvalue weighted by molar-refractivity contribution is -0.139. The van der Waals surface area contributed by atoms with Crippen LogP contribution in [0.1, 0.15) is 27.4 Å². The number of carbonyl (C=O) groups is 1. The molecule has 2 nitrogen and oxygen atoms in total. The van der Waals surface area contributed by atoms with E-state index in [9.17, 15) is 18.0 Å². The number of allylic oxidation sites excluding steroid dienone is 1. The Hall–Kier alpha value is -1.98. The van der Waals surface area contributed by atoms with Crippen LogP contribution < -0.4 is 0 Å². The summed E-state index contributed by atoms with van der Waals surface area (Å²) in [5.41, 5.74) is 0.480. The highest BCUT2D eigenvalue weighted by atomic mass is 35.5. The molecule has 1 atom stereocenters. The Kier molecular flexibility index (Phi) is 5.57. The molecule has 0 heterocycles. The van der Waals surface area contributed by atoms with Gasteiger partial charge in [-0.2, -0.15) is 13.2 Å². The molecular weight excluding hydrogens is 364 g/mol. The Morgan fingerprint density at radius 2 is 1.67 bits per heavy atom. The van der Waals surface area contributed by atoms with E-state index in [1.165, 1.54) is 48.5 Å². The second kappa shape index (κ2) is 7.28. The standard InChI is InChI=1S/C17H11Cl2F3O2/c18-14-8-6-12(9-15(14)19)13(17(20,21)22)7-3-10-1-4-11(5-2-10)16(23)24/h1-9,13H,(H,23,24). The number of carboxylic acids is 1. The zero-order chi connectivity index (χ0) is 17.9. The molecule has 1 unspecified atom stereocenters. The van der Waals surface area contributed by atoms with Gasteiger partial charge in [0, 0.05) is 0 Å². The van der Waals surface area contributed by atoms with Gasteiger partial charge in [-0.05, 0) is 35.4 Å². The molecule has 0 radical (unpaired) electrons. The van der Waals surface area contributed by atoms with Crippen molar-refractivity contribution in [3.05, 3.63) is 75.3 Å². The molecular formula is C17H11Cl2F3O2. The summed E-state index contributed by atoms with van der Waals surface area (Å²) in [6.45, 7) is 0. The number of alkyl halides is 3. The molecule has 0 aliphatic carbocycles. The highest BCUT2D eigenvalue weighted by molar-refractivity contribution is 6.42. The molecule has 0 spiro atoms. The minimum Gasteiger partial charge on any atom is -0.478 e. The van der Waals surface area contributed by atoms with Crippen LogP contribution in [0.25, 0.3) is 6.08 Å². The summed E-state index contributed by atoms with van der Waals surface area (Å²) >= 11 is 11.5. The van der Waals surface area contributed by atoms with Crippen molar-refractivity contribution in [1.29, 1.82) is 0 Å². The Morgan fingerprint density at radius 3 is 2.17 bits per heavy atom. The van der Waals surface area contributed by atoms with Crippen molar-refractivity contribution in [1.82, 2.24) is 0 Å². The number of hydrogen-bond acceptors (Lipinski definition) is 1. The van der Waals surface area contributed by atoms with E-state index < -0.39 is 18.1 Å². The fraction of sp³-hybridized carbons (Fsp3) is 0.118. The number of carboxylic acid groups (broad SMARTS) is 1. The van der Waals surface area contributed by atoms with Crippen LogP contribution in [0.15, 0.2) is 48.5 Å². The van der Waals surface area contributed by atoms with E-state index in [4.69, 9.17) is 28.3 Å². The molecule has 0 bridgehead atoms. The van der Waals surface area contributed by atoms with Gasteiger partial charge in [-0.3, -0.25) is 0 Å². The SMILES string of the molecule is O=C(O)c1ccc(C=CC(c2ccc(Cl)c(Cl)c2)C(F)(F)F)cc1. The van der Waals surface area contributed by atoms with Gasteiger partial charge in [-0.25, -0.2) is 4.79 Å². The monoisotopic (exact) mass is 374 g/mol. The fourth-order valence-corrected chi connectivity index (χ4v) is 2.37. The van der Waals surface area contributed by atoms with Crippen LogP contribution in [0.3, 0.4) is 0 Å². The van der Waals surface area contributed by atoms with E-state index >= 15 is 0 Å². The summed E-state index contributed by atoms with van der Waals surface area (Å²) in [6.07, 6.45) is -2.23. The van der Waals surface area contributed by atoms with Crippen LogP contribution in [-0.4, -0.2) is 17.3 Å². The maximum Gasteiger partial charge on any atom is 0.399 e. The van der Waals surface area contributed by atoms with Gasteiger partial charge in [0.25, 0.3) is 0 Å². The first-order chi connectivity index (χ1) is 11.2. The maximum atomic E-state index is 13.3. The van der Waals surface area contributed by atoms with Crippen LogP contribution in [0.4, 0.5) is 13.2 Å². The van der Waals surface area contributed by atoms with E-state index in [0.29, 0.717) is 5.56 Å². The van der Waals surface area contributed by atoms with E-state index in [1.54, 1.807) is 0 Å². The van der Waals surface area contributed by atoms with Crippen molar-refractivity contribution in [3.8, 4) is 0 Å². The Bertz CT molecular complexity index is 768. The van der Waals surface area contributed by atoms with Crippen molar-refractivity contribution >= 4 is 35.2 Å². The molecule has 0 aliphatic heterocycles. The molecule has 24 heavy (non-hydrogen) atoms. The molecule has 0 fully saturated rings. The summed E-state index contributed by atoms with van der Waals surface area (Å²) in [5, 5.41) is 9.03. The molecule has 7 heteroatoms. The fourth-order valence-electron chi connectivity index (χ4n) is 2.06. The van der Waals surface area contributed by atoms with Gasteiger partial charge in [0.1, 0.15) is 0 Å². The van der Waals surface area contributed by atoms with Crippen molar-refractivity contribution in [2.24, 2.45) is 0 Å². The summed E-state index contributed by atoms with van der Waals surface area (Å²) in [4.78, 5) is 10.8. The van der Waals surface area contributed by atoms with Crippen LogP contribution in [0, 0.1) is 0 Å². The molecule has 2 rings (SSSR count). The van der Waals surface area contributed by atoms with Crippen LogP contribution in [-0.2, 0) is 0 Å². The molecule has 2 aromatic carbocycles. The lowest BCUT2D eigenvalue weighted by Crippen LogP contribution is -2.18. The third-order valence-electron chi connectivity index (χ3n) is 3.29. The average Bonchev–Trinajstić information content (AvgIpc) is 2.50. The van der Waals surface area contributed by atoms with Gasteiger partial charge >= 0.3 is 12.1 Å². The predicted molar refractivity (Wildman–Crippen MR) is 87.7 cm³/mol. The predicted octanol–water partition coefficient (Wildman–Crippen LogP) is 6.05. The highest BCUT2D eigenvalue weighted by Crippen LogP contribution is 2.38. The number of halogens is 5. The largest absolute Gasteiger partial charge is 0.478 e. The van der Waals surface area contributed by atoms with Crippen LogP contribution >= 0.6 is 23.2 Å². The summed E-state index contributed by atoms with van der Waals surface area (Å²) in [7, 11) is 0. The van der Waals surface area contributed by atoms with E-state index in [1.807, 2.05) is 0 Å². The Labute approximate surface area is 146 Å². The lowest BCUT2D eigenvalue weighted by atomic mass is 9.97. The third-order valence-corrected chi connectivity index (χ3v) is 4.03. The van der Waals surface area contributed by atoms with E-state index in [-0.39, 0.29) is 21.2 Å². The summed E-state index contributed by atoms with van der Waals surface area (Å²) in [6, 6.07) is 9.27.